The number of fused-ring (bicyclic) bond motifs is 4. The summed E-state index contributed by atoms with van der Waals surface area (Å²) in [7, 11) is -9.91. The molecule has 0 saturated carbocycles. The van der Waals surface area contributed by atoms with Crippen LogP contribution in [0.1, 0.15) is 12.5 Å². The molecule has 7 rings (SSSR count). The Kier molecular flexibility index (Phi) is 6.99. The molecule has 2 saturated heterocycles. The van der Waals surface area contributed by atoms with Gasteiger partial charge in [0.15, 0.2) is 47.7 Å². The van der Waals surface area contributed by atoms with Gasteiger partial charge in [-0.05, 0) is 6.08 Å². The lowest BCUT2D eigenvalue weighted by atomic mass is 10.1. The molecule has 44 heavy (non-hydrogen) atoms. The second kappa shape index (κ2) is 10.5. The van der Waals surface area contributed by atoms with Crippen LogP contribution in [0, 0.1) is 0 Å². The van der Waals surface area contributed by atoms with Crippen molar-refractivity contribution in [3.63, 3.8) is 0 Å². The van der Waals surface area contributed by atoms with E-state index in [9.17, 15) is 18.9 Å². The summed E-state index contributed by atoms with van der Waals surface area (Å²) in [5, 5.41) is 0. The van der Waals surface area contributed by atoms with Crippen LogP contribution >= 0.6 is 15.4 Å². The zero-order valence-electron chi connectivity index (χ0n) is 21.9. The van der Waals surface area contributed by atoms with Gasteiger partial charge in [0.05, 0.1) is 19.3 Å². The molecule has 2 unspecified atom stereocenters. The Hall–Kier alpha value is -3.52. The van der Waals surface area contributed by atoms with Crippen LogP contribution < -0.4 is 11.5 Å². The highest BCUT2D eigenvalue weighted by Gasteiger charge is 2.53. The highest BCUT2D eigenvalue weighted by atomic mass is 31.2. The number of imidazole rings is 2. The number of ether oxygens (including phenoxy) is 2. The monoisotopic (exact) mass is 658 g/mol. The molecule has 19 nitrogen and oxygen atoms in total. The van der Waals surface area contributed by atoms with Crippen molar-refractivity contribution in [2.45, 2.75) is 49.2 Å². The maximum Gasteiger partial charge on any atom is 0.472 e. The van der Waals surface area contributed by atoms with Crippen molar-refractivity contribution in [1.29, 1.82) is 0 Å². The second-order valence-electron chi connectivity index (χ2n) is 9.92. The predicted octanol–water partition coefficient (Wildman–Crippen LogP) is 0.902. The van der Waals surface area contributed by atoms with Gasteiger partial charge in [-0.1, -0.05) is 0 Å². The predicted molar refractivity (Wildman–Crippen MR) is 142 cm³/mol. The van der Waals surface area contributed by atoms with Crippen LogP contribution in [0.25, 0.3) is 22.3 Å². The van der Waals surface area contributed by atoms with Gasteiger partial charge in [-0.25, -0.2) is 43.2 Å². The Morgan fingerprint density at radius 2 is 1.39 bits per heavy atom. The van der Waals surface area contributed by atoms with Crippen LogP contribution in [0.15, 0.2) is 37.2 Å². The van der Waals surface area contributed by atoms with Gasteiger partial charge in [-0.3, -0.25) is 27.3 Å². The van der Waals surface area contributed by atoms with Gasteiger partial charge in [-0.2, -0.15) is 0 Å². The molecule has 0 amide bonds. The van der Waals surface area contributed by atoms with Crippen LogP contribution in [0.5, 0.6) is 0 Å². The largest absolute Gasteiger partial charge is 0.472 e. The number of halogens is 2. The van der Waals surface area contributed by atoms with E-state index < -0.39 is 71.2 Å². The average molecular weight is 658 g/mol. The quantitative estimate of drug-likeness (QED) is 0.218. The Labute approximate surface area is 243 Å². The lowest BCUT2D eigenvalue weighted by Gasteiger charge is -2.25. The first kappa shape index (κ1) is 29.2. The molecule has 10 atom stereocenters. The van der Waals surface area contributed by atoms with Gasteiger partial charge in [0.1, 0.15) is 48.1 Å². The number of hydrogen-bond donors (Lipinski definition) is 4. The van der Waals surface area contributed by atoms with Gasteiger partial charge in [-0.15, -0.1) is 0 Å². The maximum atomic E-state index is 15.9. The van der Waals surface area contributed by atoms with Crippen molar-refractivity contribution in [2.24, 2.45) is 0 Å². The average Bonchev–Trinajstić information content (AvgIpc) is 3.73. The van der Waals surface area contributed by atoms with E-state index in [2.05, 4.69) is 29.9 Å². The standard InChI is InChI=1S/C21H22F2N10O9P2/c22-10-14-8(39-20(10)32-6-30-12-16(24)26-4-28-18(12)32)1-2-43(34,35)41-15-9(3-38-44(36,37)42-14)40-21(11(15)23)33-7-31-13-17(25)27-5-29-19(13)33/h1-2,4-11,14-15,20-21H,3H2,(H,34,35)(H,36,37)(H2,24,26,28)(H2,25,27,29)/b2-1+/t8-,9-,10-,11-,14-,15-,20-,21-/m1/s1. The van der Waals surface area contributed by atoms with Crippen LogP contribution in [-0.4, -0.2) is 92.2 Å². The molecule has 6 N–H and O–H groups in total. The number of aromatic nitrogens is 8. The summed E-state index contributed by atoms with van der Waals surface area (Å²) in [6, 6.07) is 0. The minimum absolute atomic E-state index is 0.0104. The number of phosphoric ester groups is 1. The van der Waals surface area contributed by atoms with Gasteiger partial charge >= 0.3 is 15.4 Å². The van der Waals surface area contributed by atoms with E-state index in [1.54, 1.807) is 0 Å². The molecule has 0 radical (unpaired) electrons. The third-order valence-corrected chi connectivity index (χ3v) is 9.27. The molecule has 4 aromatic rings. The fourth-order valence-electron chi connectivity index (χ4n) is 5.19. The van der Waals surface area contributed by atoms with Crippen LogP contribution in [0.4, 0.5) is 20.4 Å². The fraction of sp³-hybridized carbons (Fsp3) is 0.429. The maximum absolute atomic E-state index is 15.9. The number of nitrogen functional groups attached to an aromatic ring is 2. The molecule has 0 aromatic carbocycles. The van der Waals surface area contributed by atoms with E-state index in [0.29, 0.717) is 5.82 Å². The molecular formula is C21H22F2N10O9P2. The summed E-state index contributed by atoms with van der Waals surface area (Å²) >= 11 is 0. The summed E-state index contributed by atoms with van der Waals surface area (Å²) in [4.78, 5) is 45.0. The molecule has 2 fully saturated rings. The fourth-order valence-corrected chi connectivity index (χ4v) is 7.19. The van der Waals surface area contributed by atoms with Crippen molar-refractivity contribution in [2.75, 3.05) is 18.1 Å². The zero-order valence-corrected chi connectivity index (χ0v) is 23.7. The summed E-state index contributed by atoms with van der Waals surface area (Å²) in [5.74, 6) is 0.658. The topological polar surface area (TPSA) is 260 Å². The number of nitrogens with two attached hydrogens (primary N) is 2. The highest BCUT2D eigenvalue weighted by molar-refractivity contribution is 7.56. The molecule has 3 aliphatic heterocycles. The van der Waals surface area contributed by atoms with Gasteiger partial charge in [0.2, 0.25) is 0 Å². The van der Waals surface area contributed by atoms with Gasteiger partial charge in [0, 0.05) is 5.82 Å². The van der Waals surface area contributed by atoms with E-state index >= 15 is 8.78 Å². The Morgan fingerprint density at radius 1 is 0.818 bits per heavy atom. The summed E-state index contributed by atoms with van der Waals surface area (Å²) in [6.07, 6.45) is -8.63. The molecule has 7 heterocycles. The number of nitrogens with zero attached hydrogens (tertiary/aromatic N) is 8. The first-order valence-electron chi connectivity index (χ1n) is 12.7. The summed E-state index contributed by atoms with van der Waals surface area (Å²) in [5.41, 5.74) is 12.0. The summed E-state index contributed by atoms with van der Waals surface area (Å²) in [6.45, 7) is -0.871. The molecule has 0 bridgehead atoms. The van der Waals surface area contributed by atoms with E-state index in [1.165, 1.54) is 12.7 Å². The number of rotatable bonds is 2. The Morgan fingerprint density at radius 3 is 2.00 bits per heavy atom. The minimum atomic E-state index is -5.10. The molecule has 23 heteroatoms. The van der Waals surface area contributed by atoms with Crippen molar-refractivity contribution >= 4 is 49.4 Å². The van der Waals surface area contributed by atoms with E-state index in [4.69, 9.17) is 34.5 Å². The highest BCUT2D eigenvalue weighted by Crippen LogP contribution is 2.54. The third kappa shape index (κ3) is 4.95. The van der Waals surface area contributed by atoms with Crippen LogP contribution in [0.3, 0.4) is 0 Å². The third-order valence-electron chi connectivity index (χ3n) is 7.19. The molecular weight excluding hydrogens is 636 g/mol. The lowest BCUT2D eigenvalue weighted by Crippen LogP contribution is -2.35. The van der Waals surface area contributed by atoms with E-state index in [0.717, 1.165) is 27.9 Å². The summed E-state index contributed by atoms with van der Waals surface area (Å²) < 4.78 is 87.0. The Balaban J connectivity index is 1.20. The van der Waals surface area contributed by atoms with Crippen LogP contribution in [-0.2, 0) is 32.2 Å². The molecule has 234 valence electrons. The smallest absolute Gasteiger partial charge is 0.382 e. The van der Waals surface area contributed by atoms with Gasteiger partial charge in [0.25, 0.3) is 0 Å². The zero-order chi connectivity index (χ0) is 31.0. The first-order valence-corrected chi connectivity index (χ1v) is 15.9. The Bertz CT molecular complexity index is 1880. The molecule has 3 aliphatic rings. The molecule has 4 aromatic heterocycles. The second-order valence-corrected chi connectivity index (χ2v) is 13.0. The molecule has 0 aliphatic carbocycles. The molecule has 0 spiro atoms. The minimum Gasteiger partial charge on any atom is -0.382 e. The van der Waals surface area contributed by atoms with Crippen molar-refractivity contribution in [1.82, 2.24) is 39.0 Å². The SMILES string of the molecule is Nc1ncnc2c1ncn2[C@@H]1O[C@@H]2/C=C/P(=O)(O)O[C@H]3[C@@H](F)[C@H](n4cnc5c(N)ncnc54)O[C@@H]3COP(=O)(O)O[C@H]2[C@H]1F. The number of hydrogen-bond acceptors (Lipinski definition) is 15. The number of alkyl halides is 2. The number of phosphoric acid groups is 1. The van der Waals surface area contributed by atoms with Crippen molar-refractivity contribution in [3.05, 3.63) is 37.2 Å². The van der Waals surface area contributed by atoms with Crippen LogP contribution in [0.2, 0.25) is 0 Å². The van der Waals surface area contributed by atoms with Gasteiger partial charge < -0.3 is 30.7 Å². The van der Waals surface area contributed by atoms with E-state index in [1.807, 2.05) is 0 Å². The first-order chi connectivity index (χ1) is 20.9. The van der Waals surface area contributed by atoms with Crippen molar-refractivity contribution in [3.8, 4) is 0 Å². The normalized spacial score (nSPS) is 38.6. The van der Waals surface area contributed by atoms with E-state index in [-0.39, 0.29) is 34.0 Å². The number of anilines is 2. The van der Waals surface area contributed by atoms with Crippen molar-refractivity contribution < 1.29 is 50.7 Å². The lowest BCUT2D eigenvalue weighted by molar-refractivity contribution is -0.0481.